The van der Waals surface area contributed by atoms with E-state index in [1.807, 2.05) is 4.72 Å². The molecule has 0 aliphatic heterocycles. The minimum Gasteiger partial charge on any atom is -0.271 e. The molecule has 0 aliphatic carbocycles. The topological polar surface area (TPSA) is 46.2 Å². The molecule has 0 aromatic heterocycles. The summed E-state index contributed by atoms with van der Waals surface area (Å²) in [7, 11) is 1.02. The van der Waals surface area contributed by atoms with Crippen LogP contribution >= 0.6 is 10.7 Å². The van der Waals surface area contributed by atoms with E-state index in [9.17, 15) is 12.8 Å². The van der Waals surface area contributed by atoms with E-state index in [2.05, 4.69) is 0 Å². The fourth-order valence-corrected chi connectivity index (χ4v) is 1.37. The van der Waals surface area contributed by atoms with E-state index in [1.54, 1.807) is 0 Å². The Balaban J connectivity index is 2.91. The molecule has 6 heteroatoms. The first-order chi connectivity index (χ1) is 5.47. The molecule has 1 aromatic carbocycles. The standard InChI is InChI=1S/C6H5ClFNO2S/c7-12(10,11)9-6-3-1-2-5(8)4-6/h1-4,9H. The lowest BCUT2D eigenvalue weighted by molar-refractivity contribution is 0.614. The van der Waals surface area contributed by atoms with E-state index in [0.29, 0.717) is 0 Å². The van der Waals surface area contributed by atoms with E-state index >= 15 is 0 Å². The number of anilines is 1. The number of hydrogen-bond acceptors (Lipinski definition) is 2. The van der Waals surface area contributed by atoms with Crippen LogP contribution in [0.3, 0.4) is 0 Å². The molecule has 0 spiro atoms. The van der Waals surface area contributed by atoms with Crippen LogP contribution in [0.5, 0.6) is 0 Å². The summed E-state index contributed by atoms with van der Waals surface area (Å²) in [6.45, 7) is 0. The summed E-state index contributed by atoms with van der Waals surface area (Å²) in [5.41, 5.74) is 0.102. The molecule has 12 heavy (non-hydrogen) atoms. The van der Waals surface area contributed by atoms with Gasteiger partial charge in [0.2, 0.25) is 0 Å². The van der Waals surface area contributed by atoms with Gasteiger partial charge in [-0.05, 0) is 18.2 Å². The second-order valence-corrected chi connectivity index (χ2v) is 4.35. The molecule has 0 saturated carbocycles. The van der Waals surface area contributed by atoms with Gasteiger partial charge < -0.3 is 0 Å². The van der Waals surface area contributed by atoms with Gasteiger partial charge in [-0.25, -0.2) is 4.39 Å². The molecule has 0 amide bonds. The molecule has 0 heterocycles. The minimum atomic E-state index is -3.84. The molecule has 0 bridgehead atoms. The van der Waals surface area contributed by atoms with Gasteiger partial charge in [-0.3, -0.25) is 4.72 Å². The maximum Gasteiger partial charge on any atom is 0.319 e. The molecule has 66 valence electrons. The van der Waals surface area contributed by atoms with Crippen LogP contribution in [0, 0.1) is 5.82 Å². The Hall–Kier alpha value is -0.810. The van der Waals surface area contributed by atoms with Crippen molar-refractivity contribution in [1.29, 1.82) is 0 Å². The minimum absolute atomic E-state index is 0.102. The number of halogens is 2. The second kappa shape index (κ2) is 3.28. The van der Waals surface area contributed by atoms with E-state index in [-0.39, 0.29) is 5.69 Å². The first-order valence-corrected chi connectivity index (χ1v) is 5.26. The van der Waals surface area contributed by atoms with E-state index < -0.39 is 15.1 Å². The first kappa shape index (κ1) is 9.28. The molecule has 1 rings (SSSR count). The molecule has 0 saturated heterocycles. The summed E-state index contributed by atoms with van der Waals surface area (Å²) in [6, 6.07) is 4.99. The highest BCUT2D eigenvalue weighted by molar-refractivity contribution is 8.14. The number of benzene rings is 1. The highest BCUT2D eigenvalue weighted by Crippen LogP contribution is 2.12. The normalized spacial score (nSPS) is 11.2. The van der Waals surface area contributed by atoms with Crippen LogP contribution in [0.15, 0.2) is 24.3 Å². The van der Waals surface area contributed by atoms with Crippen molar-refractivity contribution in [2.45, 2.75) is 0 Å². The Morgan fingerprint density at radius 3 is 2.58 bits per heavy atom. The van der Waals surface area contributed by atoms with Gasteiger partial charge in [0.25, 0.3) is 0 Å². The van der Waals surface area contributed by atoms with Crippen LogP contribution in [-0.4, -0.2) is 8.42 Å². The van der Waals surface area contributed by atoms with Gasteiger partial charge in [0, 0.05) is 10.7 Å². The van der Waals surface area contributed by atoms with Crippen LogP contribution in [0.4, 0.5) is 10.1 Å². The molecule has 0 fully saturated rings. The Kier molecular flexibility index (Phi) is 2.54. The number of hydrogen-bond donors (Lipinski definition) is 1. The van der Waals surface area contributed by atoms with Gasteiger partial charge in [-0.15, -0.1) is 0 Å². The van der Waals surface area contributed by atoms with Crippen molar-refractivity contribution < 1.29 is 12.8 Å². The fourth-order valence-electron chi connectivity index (χ4n) is 0.693. The van der Waals surface area contributed by atoms with Crippen molar-refractivity contribution in [2.24, 2.45) is 0 Å². The Morgan fingerprint density at radius 1 is 1.42 bits per heavy atom. The molecule has 0 atom stereocenters. The highest BCUT2D eigenvalue weighted by Gasteiger charge is 2.03. The smallest absolute Gasteiger partial charge is 0.271 e. The zero-order valence-corrected chi connectivity index (χ0v) is 7.36. The lowest BCUT2D eigenvalue weighted by Crippen LogP contribution is -2.03. The first-order valence-electron chi connectivity index (χ1n) is 2.95. The average molecular weight is 210 g/mol. The van der Waals surface area contributed by atoms with Gasteiger partial charge >= 0.3 is 9.24 Å². The van der Waals surface area contributed by atoms with Crippen LogP contribution in [0.2, 0.25) is 0 Å². The monoisotopic (exact) mass is 209 g/mol. The molecule has 0 unspecified atom stereocenters. The van der Waals surface area contributed by atoms with E-state index in [4.69, 9.17) is 10.7 Å². The molecule has 3 nitrogen and oxygen atoms in total. The zero-order chi connectivity index (χ0) is 9.19. The Bertz CT molecular complexity index is 379. The van der Waals surface area contributed by atoms with Crippen LogP contribution in [0.25, 0.3) is 0 Å². The highest BCUT2D eigenvalue weighted by atomic mass is 35.7. The predicted molar refractivity (Wildman–Crippen MR) is 44.8 cm³/mol. The van der Waals surface area contributed by atoms with Crippen molar-refractivity contribution in [3.63, 3.8) is 0 Å². The predicted octanol–water partition coefficient (Wildman–Crippen LogP) is 1.72. The Labute approximate surface area is 73.7 Å². The van der Waals surface area contributed by atoms with Crippen LogP contribution < -0.4 is 4.72 Å². The third kappa shape index (κ3) is 3.06. The third-order valence-corrected chi connectivity index (χ3v) is 1.78. The average Bonchev–Trinajstić information content (AvgIpc) is 1.82. The largest absolute Gasteiger partial charge is 0.319 e. The van der Waals surface area contributed by atoms with E-state index in [1.165, 1.54) is 18.2 Å². The molecular formula is C6H5ClFNO2S. The van der Waals surface area contributed by atoms with Gasteiger partial charge in [0.15, 0.2) is 0 Å². The SMILES string of the molecule is O=S(=O)(Cl)Nc1cccc(F)c1. The maximum atomic E-state index is 12.5. The van der Waals surface area contributed by atoms with Crippen LogP contribution in [0.1, 0.15) is 0 Å². The lowest BCUT2D eigenvalue weighted by Gasteiger charge is -2.00. The van der Waals surface area contributed by atoms with Gasteiger partial charge in [0.1, 0.15) is 5.82 Å². The number of nitrogens with one attached hydrogen (secondary N) is 1. The Morgan fingerprint density at radius 2 is 2.08 bits per heavy atom. The molecular weight excluding hydrogens is 205 g/mol. The molecule has 1 N–H and O–H groups in total. The van der Waals surface area contributed by atoms with Crippen molar-refractivity contribution in [3.8, 4) is 0 Å². The summed E-state index contributed by atoms with van der Waals surface area (Å²) >= 11 is 0. The van der Waals surface area contributed by atoms with Crippen molar-refractivity contribution in [3.05, 3.63) is 30.1 Å². The molecule has 0 aliphatic rings. The summed E-state index contributed by atoms with van der Waals surface area (Å²) < 4.78 is 35.3. The van der Waals surface area contributed by atoms with Gasteiger partial charge in [0.05, 0.1) is 5.69 Å². The van der Waals surface area contributed by atoms with Crippen molar-refractivity contribution in [2.75, 3.05) is 4.72 Å². The van der Waals surface area contributed by atoms with E-state index in [0.717, 1.165) is 6.07 Å². The summed E-state index contributed by atoms with van der Waals surface area (Å²) in [4.78, 5) is 0. The van der Waals surface area contributed by atoms with Crippen molar-refractivity contribution >= 4 is 25.6 Å². The third-order valence-electron chi connectivity index (χ3n) is 1.06. The molecule has 1 aromatic rings. The maximum absolute atomic E-state index is 12.5. The number of rotatable bonds is 2. The zero-order valence-electron chi connectivity index (χ0n) is 5.79. The summed E-state index contributed by atoms with van der Waals surface area (Å²) in [5.74, 6) is -0.527. The molecule has 0 radical (unpaired) electrons. The quantitative estimate of drug-likeness (QED) is 0.754. The van der Waals surface area contributed by atoms with Crippen LogP contribution in [-0.2, 0) is 9.24 Å². The second-order valence-electron chi connectivity index (χ2n) is 2.05. The summed E-state index contributed by atoms with van der Waals surface area (Å²) in [5, 5.41) is 0. The van der Waals surface area contributed by atoms with Gasteiger partial charge in [-0.1, -0.05) is 6.07 Å². The summed E-state index contributed by atoms with van der Waals surface area (Å²) in [6.07, 6.45) is 0. The van der Waals surface area contributed by atoms with Crippen molar-refractivity contribution in [1.82, 2.24) is 0 Å². The fraction of sp³-hybridized carbons (Fsp3) is 0. The lowest BCUT2D eigenvalue weighted by atomic mass is 10.3. The van der Waals surface area contributed by atoms with Gasteiger partial charge in [-0.2, -0.15) is 8.42 Å².